The van der Waals surface area contributed by atoms with Gasteiger partial charge >= 0.3 is 0 Å². The normalized spacial score (nSPS) is 15.7. The predicted octanol–water partition coefficient (Wildman–Crippen LogP) is 1.45. The maximum atomic E-state index is 10.7. The van der Waals surface area contributed by atoms with Gasteiger partial charge in [-0.1, -0.05) is 6.92 Å². The van der Waals surface area contributed by atoms with Crippen LogP contribution in [0.1, 0.15) is 36.1 Å². The van der Waals surface area contributed by atoms with E-state index >= 15 is 0 Å². The average molecular weight is 205 g/mol. The molecule has 0 aromatic carbocycles. The zero-order valence-corrected chi connectivity index (χ0v) is 8.94. The molecule has 1 aromatic rings. The fourth-order valence-corrected chi connectivity index (χ4v) is 1.85. The Balaban J connectivity index is 2.32. The molecule has 2 rings (SSSR count). The van der Waals surface area contributed by atoms with Gasteiger partial charge in [0.25, 0.3) is 0 Å². The SMILES string of the molecule is CCc1cc(N2CCCC2)nc(C=O)n1. The summed E-state index contributed by atoms with van der Waals surface area (Å²) in [6.45, 7) is 4.11. The highest BCUT2D eigenvalue weighted by molar-refractivity contribution is 5.69. The Morgan fingerprint density at radius 2 is 2.13 bits per heavy atom. The van der Waals surface area contributed by atoms with Gasteiger partial charge in [0.05, 0.1) is 0 Å². The highest BCUT2D eigenvalue weighted by Gasteiger charge is 2.15. The van der Waals surface area contributed by atoms with Crippen LogP contribution >= 0.6 is 0 Å². The summed E-state index contributed by atoms with van der Waals surface area (Å²) in [7, 11) is 0. The van der Waals surface area contributed by atoms with Gasteiger partial charge in [-0.05, 0) is 19.3 Å². The fourth-order valence-electron chi connectivity index (χ4n) is 1.85. The second-order valence-electron chi connectivity index (χ2n) is 3.74. The minimum Gasteiger partial charge on any atom is -0.356 e. The molecule has 0 N–H and O–H groups in total. The van der Waals surface area contributed by atoms with Gasteiger partial charge in [-0.15, -0.1) is 0 Å². The first-order chi connectivity index (χ1) is 7.33. The molecule has 0 saturated carbocycles. The number of aromatic nitrogens is 2. The zero-order valence-electron chi connectivity index (χ0n) is 8.94. The summed E-state index contributed by atoms with van der Waals surface area (Å²) < 4.78 is 0. The highest BCUT2D eigenvalue weighted by atomic mass is 16.1. The number of hydrogen-bond donors (Lipinski definition) is 0. The van der Waals surface area contributed by atoms with Gasteiger partial charge in [0.15, 0.2) is 12.1 Å². The largest absolute Gasteiger partial charge is 0.356 e. The van der Waals surface area contributed by atoms with E-state index in [4.69, 9.17) is 0 Å². The Kier molecular flexibility index (Phi) is 2.94. The molecule has 1 aromatic heterocycles. The monoisotopic (exact) mass is 205 g/mol. The van der Waals surface area contributed by atoms with Crippen LogP contribution in [-0.2, 0) is 6.42 Å². The van der Waals surface area contributed by atoms with Crippen LogP contribution in [0.15, 0.2) is 6.07 Å². The molecule has 1 aliphatic heterocycles. The fraction of sp³-hybridized carbons (Fsp3) is 0.545. The van der Waals surface area contributed by atoms with E-state index in [1.54, 1.807) is 0 Å². The van der Waals surface area contributed by atoms with Crippen molar-refractivity contribution in [2.75, 3.05) is 18.0 Å². The summed E-state index contributed by atoms with van der Waals surface area (Å²) in [6, 6.07) is 1.98. The third-order valence-corrected chi connectivity index (χ3v) is 2.68. The Morgan fingerprint density at radius 3 is 2.73 bits per heavy atom. The van der Waals surface area contributed by atoms with Gasteiger partial charge in [-0.2, -0.15) is 0 Å². The molecule has 2 heterocycles. The maximum absolute atomic E-state index is 10.7. The predicted molar refractivity (Wildman–Crippen MR) is 58.2 cm³/mol. The molecule has 0 aliphatic carbocycles. The Labute approximate surface area is 89.3 Å². The topological polar surface area (TPSA) is 46.1 Å². The van der Waals surface area contributed by atoms with Crippen LogP contribution in [0.25, 0.3) is 0 Å². The van der Waals surface area contributed by atoms with Crippen LogP contribution in [-0.4, -0.2) is 29.3 Å². The first kappa shape index (κ1) is 10.1. The van der Waals surface area contributed by atoms with Crippen LogP contribution < -0.4 is 4.90 Å². The molecule has 0 amide bonds. The number of carbonyl (C=O) groups is 1. The van der Waals surface area contributed by atoms with Crippen LogP contribution in [0.5, 0.6) is 0 Å². The van der Waals surface area contributed by atoms with E-state index in [9.17, 15) is 4.79 Å². The minimum absolute atomic E-state index is 0.302. The van der Waals surface area contributed by atoms with Crippen molar-refractivity contribution < 1.29 is 4.79 Å². The van der Waals surface area contributed by atoms with Crippen LogP contribution in [0, 0.1) is 0 Å². The van der Waals surface area contributed by atoms with Crippen LogP contribution in [0.4, 0.5) is 5.82 Å². The van der Waals surface area contributed by atoms with E-state index in [1.165, 1.54) is 12.8 Å². The molecule has 0 unspecified atom stereocenters. The molecule has 0 spiro atoms. The molecule has 15 heavy (non-hydrogen) atoms. The average Bonchev–Trinajstić information content (AvgIpc) is 2.81. The van der Waals surface area contributed by atoms with Crippen molar-refractivity contribution in [3.63, 3.8) is 0 Å². The molecular formula is C11H15N3O. The second-order valence-corrected chi connectivity index (χ2v) is 3.74. The molecule has 1 fully saturated rings. The van der Waals surface area contributed by atoms with Gasteiger partial charge in [0, 0.05) is 24.8 Å². The molecule has 1 aliphatic rings. The van der Waals surface area contributed by atoms with Crippen molar-refractivity contribution in [3.8, 4) is 0 Å². The van der Waals surface area contributed by atoms with Crippen LogP contribution in [0.3, 0.4) is 0 Å². The smallest absolute Gasteiger partial charge is 0.194 e. The van der Waals surface area contributed by atoms with E-state index in [-0.39, 0.29) is 0 Å². The van der Waals surface area contributed by atoms with E-state index in [0.717, 1.165) is 37.3 Å². The van der Waals surface area contributed by atoms with Gasteiger partial charge in [0.1, 0.15) is 5.82 Å². The van der Waals surface area contributed by atoms with Gasteiger partial charge in [-0.3, -0.25) is 4.79 Å². The summed E-state index contributed by atoms with van der Waals surface area (Å²) in [5.41, 5.74) is 0.939. The van der Waals surface area contributed by atoms with E-state index in [1.807, 2.05) is 13.0 Å². The van der Waals surface area contributed by atoms with Gasteiger partial charge in [0.2, 0.25) is 0 Å². The first-order valence-corrected chi connectivity index (χ1v) is 5.41. The molecule has 0 bridgehead atoms. The lowest BCUT2D eigenvalue weighted by molar-refractivity contribution is 0.111. The van der Waals surface area contributed by atoms with Crippen molar-refractivity contribution in [2.24, 2.45) is 0 Å². The molecule has 80 valence electrons. The minimum atomic E-state index is 0.302. The number of nitrogens with zero attached hydrogens (tertiary/aromatic N) is 3. The number of hydrogen-bond acceptors (Lipinski definition) is 4. The van der Waals surface area contributed by atoms with Crippen molar-refractivity contribution >= 4 is 12.1 Å². The number of rotatable bonds is 3. The lowest BCUT2D eigenvalue weighted by Crippen LogP contribution is -2.20. The highest BCUT2D eigenvalue weighted by Crippen LogP contribution is 2.18. The van der Waals surface area contributed by atoms with Crippen molar-refractivity contribution in [2.45, 2.75) is 26.2 Å². The third-order valence-electron chi connectivity index (χ3n) is 2.68. The number of aryl methyl sites for hydroxylation is 1. The quantitative estimate of drug-likeness (QED) is 0.701. The van der Waals surface area contributed by atoms with Gasteiger partial charge < -0.3 is 4.90 Å². The van der Waals surface area contributed by atoms with Crippen molar-refractivity contribution in [3.05, 3.63) is 17.6 Å². The van der Waals surface area contributed by atoms with Gasteiger partial charge in [-0.25, -0.2) is 9.97 Å². The third kappa shape index (κ3) is 2.14. The molecule has 1 saturated heterocycles. The Morgan fingerprint density at radius 1 is 1.40 bits per heavy atom. The number of anilines is 1. The summed E-state index contributed by atoms with van der Waals surface area (Å²) in [4.78, 5) is 21.3. The molecular weight excluding hydrogens is 190 g/mol. The molecule has 4 nitrogen and oxygen atoms in total. The Bertz CT molecular complexity index is 359. The number of aldehydes is 1. The second kappa shape index (κ2) is 4.38. The van der Waals surface area contributed by atoms with Crippen molar-refractivity contribution in [1.82, 2.24) is 9.97 Å². The summed E-state index contributed by atoms with van der Waals surface area (Å²) in [5.74, 6) is 1.21. The lowest BCUT2D eigenvalue weighted by Gasteiger charge is -2.16. The number of carbonyl (C=O) groups excluding carboxylic acids is 1. The summed E-state index contributed by atoms with van der Waals surface area (Å²) in [6.07, 6.45) is 3.98. The first-order valence-electron chi connectivity index (χ1n) is 5.41. The van der Waals surface area contributed by atoms with E-state index < -0.39 is 0 Å². The summed E-state index contributed by atoms with van der Waals surface area (Å²) in [5, 5.41) is 0. The Hall–Kier alpha value is -1.45. The molecule has 0 atom stereocenters. The standard InChI is InChI=1S/C11H15N3O/c1-2-9-7-11(13-10(8-15)12-9)14-5-3-4-6-14/h7-8H,2-6H2,1H3. The maximum Gasteiger partial charge on any atom is 0.194 e. The summed E-state index contributed by atoms with van der Waals surface area (Å²) >= 11 is 0. The molecule has 0 radical (unpaired) electrons. The lowest BCUT2D eigenvalue weighted by atomic mass is 10.3. The van der Waals surface area contributed by atoms with Crippen molar-refractivity contribution in [1.29, 1.82) is 0 Å². The van der Waals surface area contributed by atoms with E-state index in [2.05, 4.69) is 14.9 Å². The van der Waals surface area contributed by atoms with E-state index in [0.29, 0.717) is 5.82 Å². The zero-order chi connectivity index (χ0) is 10.7. The van der Waals surface area contributed by atoms with Crippen LogP contribution in [0.2, 0.25) is 0 Å². The molecule has 4 heteroatoms.